The van der Waals surface area contributed by atoms with Gasteiger partial charge >= 0.3 is 0 Å². The summed E-state index contributed by atoms with van der Waals surface area (Å²) in [5.41, 5.74) is 7.07. The summed E-state index contributed by atoms with van der Waals surface area (Å²) in [4.78, 5) is 2.13. The highest BCUT2D eigenvalue weighted by atomic mass is 32.2. The normalized spacial score (nSPS) is 11.4. The van der Waals surface area contributed by atoms with E-state index in [4.69, 9.17) is 5.73 Å². The van der Waals surface area contributed by atoms with Crippen LogP contribution in [0.25, 0.3) is 0 Å². The summed E-state index contributed by atoms with van der Waals surface area (Å²) in [7, 11) is 0.560. The average molecular weight is 228 g/mol. The molecule has 84 valence electrons. The summed E-state index contributed by atoms with van der Waals surface area (Å²) in [6.07, 6.45) is 0. The van der Waals surface area contributed by atoms with Crippen LogP contribution in [0, 0.1) is 0 Å². The summed E-state index contributed by atoms with van der Waals surface area (Å²) in [6.45, 7) is 1.62. The van der Waals surface area contributed by atoms with Crippen LogP contribution in [-0.4, -0.2) is 28.3 Å². The fraction of sp³-hybridized carbons (Fsp3) is 0.400. The number of anilines is 2. The fourth-order valence-corrected chi connectivity index (χ4v) is 2.22. The van der Waals surface area contributed by atoms with Crippen molar-refractivity contribution >= 4 is 21.2 Å². The monoisotopic (exact) mass is 228 g/mol. The Hall–Kier alpha value is -1.23. The third-order valence-electron chi connectivity index (χ3n) is 2.22. The van der Waals surface area contributed by atoms with Gasteiger partial charge in [-0.25, -0.2) is 8.42 Å². The Kier molecular flexibility index (Phi) is 3.24. The second-order valence-corrected chi connectivity index (χ2v) is 5.80. The lowest BCUT2D eigenvalue weighted by molar-refractivity contribution is 0.597. The smallest absolute Gasteiger partial charge is 0.178 e. The Bertz CT molecular complexity index is 452. The number of nitrogen functional groups attached to an aromatic ring is 1. The summed E-state index contributed by atoms with van der Waals surface area (Å²) in [5, 5.41) is 0. The Morgan fingerprint density at radius 3 is 2.33 bits per heavy atom. The van der Waals surface area contributed by atoms with Crippen molar-refractivity contribution in [1.29, 1.82) is 0 Å². The van der Waals surface area contributed by atoms with Gasteiger partial charge < -0.3 is 10.6 Å². The molecule has 0 saturated carbocycles. The molecule has 0 atom stereocenters. The molecule has 5 heteroatoms. The number of sulfone groups is 1. The molecule has 0 saturated heterocycles. The Morgan fingerprint density at radius 1 is 1.33 bits per heavy atom. The van der Waals surface area contributed by atoms with Crippen LogP contribution in [0.1, 0.15) is 6.92 Å². The topological polar surface area (TPSA) is 63.4 Å². The van der Waals surface area contributed by atoms with Gasteiger partial charge in [-0.1, -0.05) is 6.92 Å². The predicted octanol–water partition coefficient (Wildman–Crippen LogP) is 1.13. The minimum Gasteiger partial charge on any atom is -0.397 e. The first-order chi connectivity index (χ1) is 6.88. The van der Waals surface area contributed by atoms with Crippen molar-refractivity contribution < 1.29 is 8.42 Å². The fourth-order valence-electron chi connectivity index (χ4n) is 1.30. The van der Waals surface area contributed by atoms with Gasteiger partial charge in [0.1, 0.15) is 0 Å². The lowest BCUT2D eigenvalue weighted by atomic mass is 10.2. The molecule has 0 amide bonds. The third-order valence-corrected chi connectivity index (χ3v) is 3.95. The number of hydrogen-bond acceptors (Lipinski definition) is 4. The van der Waals surface area contributed by atoms with Gasteiger partial charge in [-0.3, -0.25) is 0 Å². The number of nitrogens with zero attached hydrogens (tertiary/aromatic N) is 1. The second kappa shape index (κ2) is 4.10. The zero-order valence-corrected chi connectivity index (χ0v) is 10.0. The van der Waals surface area contributed by atoms with Gasteiger partial charge in [0.25, 0.3) is 0 Å². The van der Waals surface area contributed by atoms with E-state index in [0.29, 0.717) is 5.69 Å². The van der Waals surface area contributed by atoms with E-state index in [2.05, 4.69) is 0 Å². The summed E-state index contributed by atoms with van der Waals surface area (Å²) < 4.78 is 23.1. The van der Waals surface area contributed by atoms with Crippen LogP contribution in [-0.2, 0) is 9.84 Å². The van der Waals surface area contributed by atoms with E-state index in [0.717, 1.165) is 5.69 Å². The lowest BCUT2D eigenvalue weighted by Gasteiger charge is -2.15. The summed E-state index contributed by atoms with van der Waals surface area (Å²) in [5.74, 6) is 0.0910. The van der Waals surface area contributed by atoms with Gasteiger partial charge in [-0.15, -0.1) is 0 Å². The second-order valence-electron chi connectivity index (χ2n) is 3.52. The molecular formula is C10H16N2O2S. The minimum absolute atomic E-state index is 0.0910. The first-order valence-corrected chi connectivity index (χ1v) is 6.33. The van der Waals surface area contributed by atoms with Gasteiger partial charge in [0.15, 0.2) is 9.84 Å². The maximum Gasteiger partial charge on any atom is 0.178 e. The molecule has 1 aromatic carbocycles. The molecule has 0 aliphatic rings. The van der Waals surface area contributed by atoms with E-state index in [1.165, 1.54) is 6.07 Å². The highest BCUT2D eigenvalue weighted by Crippen LogP contribution is 2.24. The highest BCUT2D eigenvalue weighted by Gasteiger charge is 2.13. The maximum absolute atomic E-state index is 11.6. The van der Waals surface area contributed by atoms with Gasteiger partial charge in [0.2, 0.25) is 0 Å². The Morgan fingerprint density at radius 2 is 1.93 bits per heavy atom. The van der Waals surface area contributed by atoms with Crippen LogP contribution in [0.5, 0.6) is 0 Å². The summed E-state index contributed by atoms with van der Waals surface area (Å²) in [6, 6.07) is 4.82. The van der Waals surface area contributed by atoms with Crippen molar-refractivity contribution in [2.45, 2.75) is 11.8 Å². The van der Waals surface area contributed by atoms with E-state index in [9.17, 15) is 8.42 Å². The highest BCUT2D eigenvalue weighted by molar-refractivity contribution is 7.91. The van der Waals surface area contributed by atoms with Crippen LogP contribution in [0.3, 0.4) is 0 Å². The molecule has 0 aliphatic carbocycles. The molecule has 0 radical (unpaired) electrons. The van der Waals surface area contributed by atoms with Gasteiger partial charge in [-0.2, -0.15) is 0 Å². The number of rotatable bonds is 3. The largest absolute Gasteiger partial charge is 0.397 e. The molecular weight excluding hydrogens is 212 g/mol. The minimum atomic E-state index is -3.16. The molecule has 2 N–H and O–H groups in total. The van der Waals surface area contributed by atoms with E-state index in [1.54, 1.807) is 19.1 Å². The quantitative estimate of drug-likeness (QED) is 0.788. The van der Waals surface area contributed by atoms with Crippen LogP contribution < -0.4 is 10.6 Å². The standard InChI is InChI=1S/C10H16N2O2S/c1-4-15(13,14)8-5-6-10(12(2)3)9(11)7-8/h5-7H,4,11H2,1-3H3. The average Bonchev–Trinajstić information content (AvgIpc) is 2.17. The Balaban J connectivity index is 3.24. The van der Waals surface area contributed by atoms with Crippen LogP contribution in [0.2, 0.25) is 0 Å². The lowest BCUT2D eigenvalue weighted by Crippen LogP contribution is -2.12. The molecule has 0 bridgehead atoms. The molecule has 0 aliphatic heterocycles. The van der Waals surface area contributed by atoms with E-state index < -0.39 is 9.84 Å². The molecule has 4 nitrogen and oxygen atoms in total. The van der Waals surface area contributed by atoms with Gasteiger partial charge in [0.05, 0.1) is 22.0 Å². The third kappa shape index (κ3) is 2.41. The van der Waals surface area contributed by atoms with Crippen molar-refractivity contribution in [3.8, 4) is 0 Å². The van der Waals surface area contributed by atoms with Crippen molar-refractivity contribution in [3.63, 3.8) is 0 Å². The molecule has 1 aromatic rings. The van der Waals surface area contributed by atoms with Crippen LogP contribution in [0.15, 0.2) is 23.1 Å². The molecule has 0 aromatic heterocycles. The van der Waals surface area contributed by atoms with Crippen LogP contribution >= 0.6 is 0 Å². The number of hydrogen-bond donors (Lipinski definition) is 1. The number of nitrogens with two attached hydrogens (primary N) is 1. The van der Waals surface area contributed by atoms with Crippen molar-refractivity contribution in [3.05, 3.63) is 18.2 Å². The van der Waals surface area contributed by atoms with Crippen molar-refractivity contribution in [1.82, 2.24) is 0 Å². The van der Waals surface area contributed by atoms with E-state index in [-0.39, 0.29) is 10.6 Å². The zero-order chi connectivity index (χ0) is 11.6. The zero-order valence-electron chi connectivity index (χ0n) is 9.19. The molecule has 0 spiro atoms. The molecule has 15 heavy (non-hydrogen) atoms. The first-order valence-electron chi connectivity index (χ1n) is 4.68. The first kappa shape index (κ1) is 11.8. The van der Waals surface area contributed by atoms with Gasteiger partial charge in [-0.05, 0) is 18.2 Å². The molecule has 0 fully saturated rings. The maximum atomic E-state index is 11.6. The molecule has 1 rings (SSSR count). The Labute approximate surface area is 90.6 Å². The van der Waals surface area contributed by atoms with Gasteiger partial charge in [0, 0.05) is 14.1 Å². The van der Waals surface area contributed by atoms with Crippen molar-refractivity contribution in [2.24, 2.45) is 0 Å². The van der Waals surface area contributed by atoms with Crippen LogP contribution in [0.4, 0.5) is 11.4 Å². The van der Waals surface area contributed by atoms with E-state index >= 15 is 0 Å². The summed E-state index contributed by atoms with van der Waals surface area (Å²) >= 11 is 0. The van der Waals surface area contributed by atoms with E-state index in [1.807, 2.05) is 19.0 Å². The van der Waals surface area contributed by atoms with Crippen molar-refractivity contribution in [2.75, 3.05) is 30.5 Å². The molecule has 0 heterocycles. The SMILES string of the molecule is CCS(=O)(=O)c1ccc(N(C)C)c(N)c1. The molecule has 0 unspecified atom stereocenters. The predicted molar refractivity (Wildman–Crippen MR) is 62.9 cm³/mol. The number of benzene rings is 1.